The summed E-state index contributed by atoms with van der Waals surface area (Å²) in [5, 5.41) is 4.88. The number of carbonyl (C=O) groups is 2. The Morgan fingerprint density at radius 1 is 1.13 bits per heavy atom. The summed E-state index contributed by atoms with van der Waals surface area (Å²) in [6.45, 7) is 1.85. The smallest absolute Gasteiger partial charge is 0.416 e. The van der Waals surface area contributed by atoms with E-state index in [9.17, 15) is 31.2 Å². The Kier molecular flexibility index (Phi) is 5.72. The molecule has 0 radical (unpaired) electrons. The number of fused-ring (bicyclic) bond motifs is 1. The fourth-order valence-electron chi connectivity index (χ4n) is 2.69. The first-order chi connectivity index (χ1) is 14.0. The van der Waals surface area contributed by atoms with E-state index in [1.165, 1.54) is 24.3 Å². The molecule has 0 saturated carbocycles. The monoisotopic (exact) mass is 443 g/mol. The first-order valence-corrected chi connectivity index (χ1v) is 10.1. The standard InChI is InChI=1S/C18H16F3N3O5S/c1-2-29-17(26)10-3-6-12(7-4-10)22-16(25)15-23-13-9-11(18(19,20)21)5-8-14(13)30(27,28)24-15/h3-9,15,23-24H,2H2,1H3,(H,22,25)/t15-/m1/s1. The summed E-state index contributed by atoms with van der Waals surface area (Å²) >= 11 is 0. The molecule has 2 aromatic rings. The second-order valence-electron chi connectivity index (χ2n) is 6.19. The van der Waals surface area contributed by atoms with Crippen LogP contribution in [0.25, 0.3) is 0 Å². The zero-order chi connectivity index (χ0) is 22.1. The number of carbonyl (C=O) groups excluding carboxylic acids is 2. The van der Waals surface area contributed by atoms with E-state index < -0.39 is 44.7 Å². The Hall–Kier alpha value is -3.12. The van der Waals surface area contributed by atoms with Crippen LogP contribution in [0.1, 0.15) is 22.8 Å². The second-order valence-corrected chi connectivity index (χ2v) is 7.88. The molecule has 0 aromatic heterocycles. The number of sulfonamides is 1. The zero-order valence-electron chi connectivity index (χ0n) is 15.4. The second kappa shape index (κ2) is 7.95. The van der Waals surface area contributed by atoms with Crippen LogP contribution in [-0.4, -0.2) is 33.1 Å². The van der Waals surface area contributed by atoms with E-state index in [2.05, 4.69) is 15.4 Å². The highest BCUT2D eigenvalue weighted by atomic mass is 32.2. The Morgan fingerprint density at radius 2 is 1.80 bits per heavy atom. The normalized spacial score (nSPS) is 17.4. The van der Waals surface area contributed by atoms with Crippen LogP contribution >= 0.6 is 0 Å². The van der Waals surface area contributed by atoms with Gasteiger partial charge in [-0.25, -0.2) is 13.2 Å². The van der Waals surface area contributed by atoms with Gasteiger partial charge in [-0.3, -0.25) is 4.79 Å². The van der Waals surface area contributed by atoms with Gasteiger partial charge in [-0.1, -0.05) is 0 Å². The minimum Gasteiger partial charge on any atom is -0.462 e. The number of rotatable bonds is 4. The summed E-state index contributed by atoms with van der Waals surface area (Å²) in [5.74, 6) is -1.40. The largest absolute Gasteiger partial charge is 0.462 e. The van der Waals surface area contributed by atoms with Crippen LogP contribution in [0.3, 0.4) is 0 Å². The number of amides is 1. The van der Waals surface area contributed by atoms with Crippen molar-refractivity contribution in [3.05, 3.63) is 53.6 Å². The molecule has 0 unspecified atom stereocenters. The van der Waals surface area contributed by atoms with Crippen LogP contribution in [0.4, 0.5) is 24.5 Å². The maximum atomic E-state index is 12.9. The molecule has 1 heterocycles. The fraction of sp³-hybridized carbons (Fsp3) is 0.222. The van der Waals surface area contributed by atoms with Gasteiger partial charge in [0.25, 0.3) is 5.91 Å². The summed E-state index contributed by atoms with van der Waals surface area (Å²) in [7, 11) is -4.22. The molecule has 0 saturated heterocycles. The van der Waals surface area contributed by atoms with Gasteiger partial charge in [-0.15, -0.1) is 0 Å². The van der Waals surface area contributed by atoms with Crippen molar-refractivity contribution in [3.8, 4) is 0 Å². The predicted octanol–water partition coefficient (Wildman–Crippen LogP) is 2.55. The Labute approximate surface area is 169 Å². The van der Waals surface area contributed by atoms with Gasteiger partial charge in [0.1, 0.15) is 4.90 Å². The van der Waals surface area contributed by atoms with E-state index in [0.29, 0.717) is 12.1 Å². The maximum Gasteiger partial charge on any atom is 0.416 e. The van der Waals surface area contributed by atoms with E-state index >= 15 is 0 Å². The topological polar surface area (TPSA) is 114 Å². The lowest BCUT2D eigenvalue weighted by molar-refractivity contribution is -0.137. The molecule has 3 rings (SSSR count). The van der Waals surface area contributed by atoms with Crippen molar-refractivity contribution in [3.63, 3.8) is 0 Å². The van der Waals surface area contributed by atoms with E-state index in [1.807, 2.05) is 0 Å². The van der Waals surface area contributed by atoms with Gasteiger partial charge in [-0.05, 0) is 49.4 Å². The van der Waals surface area contributed by atoms with E-state index in [-0.39, 0.29) is 23.5 Å². The SMILES string of the molecule is CCOC(=O)c1ccc(NC(=O)[C@@H]2Nc3cc(C(F)(F)F)ccc3S(=O)(=O)N2)cc1. The Balaban J connectivity index is 1.79. The number of ether oxygens (including phenoxy) is 1. The number of hydrogen-bond donors (Lipinski definition) is 3. The summed E-state index contributed by atoms with van der Waals surface area (Å²) in [4.78, 5) is 23.7. The van der Waals surface area contributed by atoms with Crippen LogP contribution in [-0.2, 0) is 25.7 Å². The van der Waals surface area contributed by atoms with E-state index in [0.717, 1.165) is 6.07 Å². The number of alkyl halides is 3. The number of halogens is 3. The van der Waals surface area contributed by atoms with Crippen molar-refractivity contribution in [1.29, 1.82) is 0 Å². The van der Waals surface area contributed by atoms with Gasteiger partial charge in [-0.2, -0.15) is 17.9 Å². The first kappa shape index (κ1) is 21.6. The van der Waals surface area contributed by atoms with Gasteiger partial charge >= 0.3 is 12.1 Å². The summed E-state index contributed by atoms with van der Waals surface area (Å²) in [6.07, 6.45) is -6.22. The molecule has 1 aliphatic rings. The number of nitrogens with one attached hydrogen (secondary N) is 3. The molecular formula is C18H16F3N3O5S. The molecular weight excluding hydrogens is 427 g/mol. The van der Waals surface area contributed by atoms with Gasteiger partial charge < -0.3 is 15.4 Å². The fourth-order valence-corrected chi connectivity index (χ4v) is 3.95. The molecule has 0 bridgehead atoms. The molecule has 0 aliphatic carbocycles. The van der Waals surface area contributed by atoms with Crippen molar-refractivity contribution in [2.75, 3.05) is 17.2 Å². The van der Waals surface area contributed by atoms with Crippen LogP contribution < -0.4 is 15.4 Å². The van der Waals surface area contributed by atoms with Gasteiger partial charge in [0.15, 0.2) is 6.17 Å². The van der Waals surface area contributed by atoms with E-state index in [4.69, 9.17) is 4.74 Å². The predicted molar refractivity (Wildman–Crippen MR) is 100 cm³/mol. The Bertz CT molecular complexity index is 1090. The maximum absolute atomic E-state index is 12.9. The molecule has 160 valence electrons. The molecule has 30 heavy (non-hydrogen) atoms. The van der Waals surface area contributed by atoms with Crippen molar-refractivity contribution in [2.24, 2.45) is 0 Å². The van der Waals surface area contributed by atoms with Gasteiger partial charge in [0, 0.05) is 5.69 Å². The molecule has 12 heteroatoms. The highest BCUT2D eigenvalue weighted by Crippen LogP contribution is 2.35. The number of anilines is 2. The third-order valence-electron chi connectivity index (χ3n) is 4.10. The van der Waals surface area contributed by atoms with Gasteiger partial charge in [0.05, 0.1) is 23.4 Å². The average Bonchev–Trinajstić information content (AvgIpc) is 2.67. The zero-order valence-corrected chi connectivity index (χ0v) is 16.2. The number of benzene rings is 2. The third kappa shape index (κ3) is 4.54. The summed E-state index contributed by atoms with van der Waals surface area (Å²) in [6, 6.07) is 7.69. The first-order valence-electron chi connectivity index (χ1n) is 8.59. The van der Waals surface area contributed by atoms with Crippen LogP contribution in [0.5, 0.6) is 0 Å². The molecule has 8 nitrogen and oxygen atoms in total. The molecule has 0 fully saturated rings. The van der Waals surface area contributed by atoms with Crippen molar-refractivity contribution in [1.82, 2.24) is 4.72 Å². The number of hydrogen-bond acceptors (Lipinski definition) is 6. The van der Waals surface area contributed by atoms with Crippen LogP contribution in [0.15, 0.2) is 47.4 Å². The third-order valence-corrected chi connectivity index (χ3v) is 5.58. The van der Waals surface area contributed by atoms with E-state index in [1.54, 1.807) is 6.92 Å². The van der Waals surface area contributed by atoms with Crippen molar-refractivity contribution < 1.29 is 35.9 Å². The molecule has 1 aliphatic heterocycles. The highest BCUT2D eigenvalue weighted by molar-refractivity contribution is 7.89. The summed E-state index contributed by atoms with van der Waals surface area (Å²) < 4.78 is 70.3. The van der Waals surface area contributed by atoms with Crippen LogP contribution in [0, 0.1) is 0 Å². The molecule has 1 amide bonds. The van der Waals surface area contributed by atoms with Gasteiger partial charge in [0.2, 0.25) is 10.0 Å². The van der Waals surface area contributed by atoms with Crippen molar-refractivity contribution in [2.45, 2.75) is 24.2 Å². The lowest BCUT2D eigenvalue weighted by Crippen LogP contribution is -2.51. The molecule has 3 N–H and O–H groups in total. The molecule has 1 atom stereocenters. The lowest BCUT2D eigenvalue weighted by Gasteiger charge is -2.27. The summed E-state index contributed by atoms with van der Waals surface area (Å²) in [5.41, 5.74) is -0.912. The van der Waals surface area contributed by atoms with Crippen LogP contribution in [0.2, 0.25) is 0 Å². The Morgan fingerprint density at radius 3 is 2.40 bits per heavy atom. The van der Waals surface area contributed by atoms with Crippen molar-refractivity contribution >= 4 is 33.3 Å². The minimum absolute atomic E-state index is 0.197. The number of esters is 1. The average molecular weight is 443 g/mol. The minimum atomic E-state index is -4.68. The lowest BCUT2D eigenvalue weighted by atomic mass is 10.2. The molecule has 0 spiro atoms. The highest BCUT2D eigenvalue weighted by Gasteiger charge is 2.37. The quantitative estimate of drug-likeness (QED) is 0.626. The molecule has 2 aromatic carbocycles.